The Hall–Kier alpha value is -6.16. The lowest BCUT2D eigenvalue weighted by Crippen LogP contribution is -2.30. The summed E-state index contributed by atoms with van der Waals surface area (Å²) in [6.07, 6.45) is 1.54. The Morgan fingerprint density at radius 3 is 1.45 bits per heavy atom. The molecular weight excluding hydrogens is 731 g/mol. The van der Waals surface area contributed by atoms with Gasteiger partial charge in [-0.05, 0) is 112 Å². The normalized spacial score (nSPS) is 16.1. The first kappa shape index (κ1) is 43.0. The Labute approximate surface area is 342 Å². The van der Waals surface area contributed by atoms with E-state index in [1.165, 1.54) is 11.1 Å². The molecule has 3 N–H and O–H groups in total. The number of nitrogens with one attached hydrogen (secondary N) is 3. The van der Waals surface area contributed by atoms with E-state index in [2.05, 4.69) is 54.1 Å². The largest absolute Gasteiger partial charge is 0.500 e. The monoisotopic (exact) mass is 785 g/mol. The maximum Gasteiger partial charge on any atom is 0.412 e. The predicted octanol–water partition coefficient (Wildman–Crippen LogP) is 9.51. The average molecular weight is 786 g/mol. The van der Waals surface area contributed by atoms with Crippen LogP contribution in [0.25, 0.3) is 11.1 Å². The fourth-order valence-corrected chi connectivity index (χ4v) is 8.23. The number of methoxy groups -OCH3 is 2. The summed E-state index contributed by atoms with van der Waals surface area (Å²) in [6.45, 7) is 13.1. The molecule has 0 saturated heterocycles. The van der Waals surface area contributed by atoms with Gasteiger partial charge < -0.3 is 30.2 Å². The van der Waals surface area contributed by atoms with Crippen molar-refractivity contribution in [3.05, 3.63) is 141 Å². The van der Waals surface area contributed by atoms with Crippen LogP contribution in [0.5, 0.6) is 5.75 Å². The van der Waals surface area contributed by atoms with Gasteiger partial charge in [0.2, 0.25) is 0 Å². The van der Waals surface area contributed by atoms with Crippen LogP contribution in [0.1, 0.15) is 70.2 Å². The van der Waals surface area contributed by atoms with Crippen LogP contribution in [0, 0.1) is 53.4 Å². The van der Waals surface area contributed by atoms with Gasteiger partial charge in [-0.3, -0.25) is 9.59 Å². The van der Waals surface area contributed by atoms with E-state index in [1.54, 1.807) is 38.5 Å². The van der Waals surface area contributed by atoms with Gasteiger partial charge in [-0.25, -0.2) is 9.59 Å². The molecule has 0 spiro atoms. The average Bonchev–Trinajstić information content (AvgIpc) is 3.65. The number of anilines is 1. The van der Waals surface area contributed by atoms with E-state index < -0.39 is 6.09 Å². The Balaban J connectivity index is 0.000000221. The van der Waals surface area contributed by atoms with E-state index in [0.717, 1.165) is 44.8 Å². The molecule has 2 aliphatic rings. The number of ketones is 2. The topological polar surface area (TPSA) is 132 Å². The lowest BCUT2D eigenvalue weighted by Gasteiger charge is -2.16. The minimum Gasteiger partial charge on any atom is -0.500 e. The quantitative estimate of drug-likeness (QED) is 0.130. The van der Waals surface area contributed by atoms with Crippen molar-refractivity contribution < 1.29 is 33.4 Å². The molecule has 0 fully saturated rings. The summed E-state index contributed by atoms with van der Waals surface area (Å²) in [7, 11) is 3.23. The second-order valence-electron chi connectivity index (χ2n) is 15.0. The van der Waals surface area contributed by atoms with Gasteiger partial charge in [-0.15, -0.1) is 0 Å². The Kier molecular flexibility index (Phi) is 14.7. The Morgan fingerprint density at radius 2 is 1.02 bits per heavy atom. The van der Waals surface area contributed by atoms with Crippen molar-refractivity contribution in [1.29, 1.82) is 0 Å². The first-order valence-electron chi connectivity index (χ1n) is 19.7. The van der Waals surface area contributed by atoms with Gasteiger partial charge in [0.05, 0.1) is 25.4 Å². The van der Waals surface area contributed by atoms with E-state index in [-0.39, 0.29) is 29.4 Å². The second-order valence-corrected chi connectivity index (χ2v) is 15.0. The van der Waals surface area contributed by atoms with Crippen molar-refractivity contribution in [2.75, 3.05) is 32.6 Å². The van der Waals surface area contributed by atoms with Crippen LogP contribution in [0.4, 0.5) is 15.3 Å². The number of hydrogen-bond acceptors (Lipinski definition) is 7. The van der Waals surface area contributed by atoms with Crippen LogP contribution in [-0.4, -0.2) is 51.0 Å². The highest BCUT2D eigenvalue weighted by Crippen LogP contribution is 2.41. The molecule has 4 aromatic rings. The molecule has 6 rings (SSSR count). The molecule has 10 nitrogen and oxygen atoms in total. The zero-order valence-electron chi connectivity index (χ0n) is 34.8. The summed E-state index contributed by atoms with van der Waals surface area (Å²) in [6, 6.07) is 26.3. The molecule has 2 atom stereocenters. The number of carbonyl (C=O) groups excluding carboxylic acids is 4. The summed E-state index contributed by atoms with van der Waals surface area (Å²) < 4.78 is 16.6. The number of urea groups is 1. The molecule has 0 bridgehead atoms. The number of benzene rings is 4. The number of allylic oxidation sites excluding steroid dienone is 4. The van der Waals surface area contributed by atoms with Crippen LogP contribution < -0.4 is 20.7 Å². The summed E-state index contributed by atoms with van der Waals surface area (Å²) in [4.78, 5) is 49.7. The second kappa shape index (κ2) is 19.8. The fraction of sp³-hybridized carbons (Fsp3) is 0.333. The van der Waals surface area contributed by atoms with Gasteiger partial charge in [0.1, 0.15) is 17.3 Å². The highest BCUT2D eigenvalue weighted by molar-refractivity contribution is 6.25. The molecule has 10 heteroatoms. The van der Waals surface area contributed by atoms with Crippen LogP contribution in [0.2, 0.25) is 0 Å². The highest BCUT2D eigenvalue weighted by atomic mass is 16.6. The van der Waals surface area contributed by atoms with Gasteiger partial charge in [0.15, 0.2) is 11.6 Å². The molecule has 2 aliphatic carbocycles. The third kappa shape index (κ3) is 10.6. The molecule has 58 heavy (non-hydrogen) atoms. The smallest absolute Gasteiger partial charge is 0.412 e. The SMILES string of the molecule is COC1=C(c2c(C)cc(C)cc2C)C(=O)CC1CCNC(=O)Nc1ccccc1.COC1=C(c2c(C)cc(C)cc2C)C(=O)CC1CCNC(=O)Oc1ccccc1. The molecule has 0 aromatic heterocycles. The van der Waals surface area contributed by atoms with E-state index >= 15 is 0 Å². The van der Waals surface area contributed by atoms with Crippen LogP contribution in [-0.2, 0) is 19.1 Å². The molecule has 2 unspecified atom stereocenters. The molecule has 0 aliphatic heterocycles. The molecule has 0 radical (unpaired) electrons. The molecular formula is C48H55N3O7. The fourth-order valence-electron chi connectivity index (χ4n) is 8.23. The van der Waals surface area contributed by atoms with E-state index in [0.29, 0.717) is 61.4 Å². The minimum atomic E-state index is -0.506. The summed E-state index contributed by atoms with van der Waals surface area (Å²) >= 11 is 0. The molecule has 4 aromatic carbocycles. The van der Waals surface area contributed by atoms with E-state index in [1.807, 2.05) is 64.1 Å². The standard InChI is InChI=1S/C24H28N2O3.C24H27NO4/c1-15-12-16(2)21(17(3)13-15)22-20(27)14-18(23(22)29-4)10-11-25-24(28)26-19-8-6-5-7-9-19;1-15-12-16(2)21(17(3)13-15)22-20(26)14-18(23(22)28-4)10-11-25-24(27)29-19-8-6-5-7-9-19/h5-9,12-13,18H,10-11,14H2,1-4H3,(H2,25,26,28);5-9,12-13,18H,10-11,14H2,1-4H3,(H,25,27). The maximum absolute atomic E-state index is 12.8. The van der Waals surface area contributed by atoms with Gasteiger partial charge in [-0.1, -0.05) is 71.8 Å². The predicted molar refractivity (Wildman–Crippen MR) is 229 cm³/mol. The number of hydrogen-bond donors (Lipinski definition) is 3. The van der Waals surface area contributed by atoms with Crippen molar-refractivity contribution in [1.82, 2.24) is 10.6 Å². The number of rotatable bonds is 12. The van der Waals surface area contributed by atoms with Crippen molar-refractivity contribution in [2.24, 2.45) is 11.8 Å². The zero-order valence-corrected chi connectivity index (χ0v) is 34.8. The number of para-hydroxylation sites is 2. The summed E-state index contributed by atoms with van der Waals surface area (Å²) in [5.41, 5.74) is 10.7. The minimum absolute atomic E-state index is 0.0281. The van der Waals surface area contributed by atoms with Crippen molar-refractivity contribution >= 4 is 40.5 Å². The number of aryl methyl sites for hydroxylation is 6. The highest BCUT2D eigenvalue weighted by Gasteiger charge is 2.36. The first-order valence-corrected chi connectivity index (χ1v) is 19.7. The number of ether oxygens (including phenoxy) is 3. The van der Waals surface area contributed by atoms with Gasteiger partial charge in [0.25, 0.3) is 0 Å². The molecule has 0 heterocycles. The van der Waals surface area contributed by atoms with E-state index in [4.69, 9.17) is 14.2 Å². The maximum atomic E-state index is 12.8. The molecule has 0 saturated carbocycles. The Bertz CT molecular complexity index is 2010. The lowest BCUT2D eigenvalue weighted by molar-refractivity contribution is -0.114. The van der Waals surface area contributed by atoms with Gasteiger partial charge in [0, 0.05) is 43.5 Å². The number of carbonyl (C=O) groups is 4. The first-order chi connectivity index (χ1) is 27.8. The molecule has 3 amide bonds. The van der Waals surface area contributed by atoms with Gasteiger partial charge >= 0.3 is 12.1 Å². The number of Topliss-reactive ketones (excluding diaryl/α,β-unsaturated/α-hetero) is 2. The van der Waals surface area contributed by atoms with Gasteiger partial charge in [-0.2, -0.15) is 0 Å². The molecule has 304 valence electrons. The Morgan fingerprint density at radius 1 is 0.603 bits per heavy atom. The third-order valence-corrected chi connectivity index (χ3v) is 10.5. The van der Waals surface area contributed by atoms with Crippen molar-refractivity contribution in [3.63, 3.8) is 0 Å². The third-order valence-electron chi connectivity index (χ3n) is 10.5. The van der Waals surface area contributed by atoms with Crippen LogP contribution in [0.15, 0.2) is 96.4 Å². The zero-order chi connectivity index (χ0) is 41.9. The van der Waals surface area contributed by atoms with Crippen molar-refractivity contribution in [3.8, 4) is 5.75 Å². The van der Waals surface area contributed by atoms with E-state index in [9.17, 15) is 19.2 Å². The lowest BCUT2D eigenvalue weighted by atomic mass is 9.92. The number of amides is 3. The van der Waals surface area contributed by atoms with Crippen LogP contribution in [0.3, 0.4) is 0 Å². The summed E-state index contributed by atoms with van der Waals surface area (Å²) in [5.74, 6) is 2.05. The summed E-state index contributed by atoms with van der Waals surface area (Å²) in [5, 5.41) is 8.41. The van der Waals surface area contributed by atoms with Crippen molar-refractivity contribution in [2.45, 2.75) is 67.2 Å². The van der Waals surface area contributed by atoms with Crippen LogP contribution >= 0.6 is 0 Å².